The van der Waals surface area contributed by atoms with Crippen molar-refractivity contribution in [3.63, 3.8) is 0 Å². The van der Waals surface area contributed by atoms with Crippen LogP contribution >= 0.6 is 0 Å². The molecule has 0 aliphatic carbocycles. The fraction of sp³-hybridized carbons (Fsp3) is 0. The van der Waals surface area contributed by atoms with Crippen molar-refractivity contribution in [2.24, 2.45) is 0 Å². The topological polar surface area (TPSA) is 0 Å². The molecular weight excluding hydrogens is 431 g/mol. The minimum atomic E-state index is 0.639. The van der Waals surface area contributed by atoms with E-state index in [2.05, 4.69) is 47.6 Å². The minimum absolute atomic E-state index is 0.639. The van der Waals surface area contributed by atoms with Gasteiger partial charge in [0, 0.05) is 0 Å². The van der Waals surface area contributed by atoms with Crippen LogP contribution in [0.15, 0.2) is 0 Å². The quantitative estimate of drug-likeness (QED) is 0.387. The first-order valence-electron chi connectivity index (χ1n) is 1.68. The normalized spacial score (nSPS) is 9.50. The van der Waals surface area contributed by atoms with E-state index in [1.165, 1.54) is 6.67 Å². The average molecular weight is 431 g/mol. The standard InChI is InChI=1S/C3HSe5/c4-1-2(5)8-3(6)7-1/h4H/p-1. The Morgan fingerprint density at radius 1 is 1.38 bits per heavy atom. The molecule has 1 aromatic rings. The predicted molar refractivity (Wildman–Crippen MR) is 40.1 cm³/mol. The molecule has 43 valence electrons. The molecule has 1 radical (unpaired) electrons. The Hall–Kier alpha value is 2.21. The summed E-state index contributed by atoms with van der Waals surface area (Å²) < 4.78 is 4.49. The van der Waals surface area contributed by atoms with Crippen LogP contribution < -0.4 is 6.67 Å². The van der Waals surface area contributed by atoms with Gasteiger partial charge < -0.3 is 0 Å². The Balaban J connectivity index is 3.35. The number of hydrogen-bond acceptors (Lipinski definition) is 0. The second-order valence-electron chi connectivity index (χ2n) is 1.03. The monoisotopic (exact) mass is 436 g/mol. The Morgan fingerprint density at radius 2 is 2.00 bits per heavy atom. The zero-order chi connectivity index (χ0) is 6.15. The summed E-state index contributed by atoms with van der Waals surface area (Å²) in [5, 5.41) is 0. The predicted octanol–water partition coefficient (Wildman–Crippen LogP) is -2.91. The second kappa shape index (κ2) is 3.56. The van der Waals surface area contributed by atoms with Gasteiger partial charge >= 0.3 is 85.1 Å². The summed E-state index contributed by atoms with van der Waals surface area (Å²) in [6.07, 6.45) is 0. The van der Waals surface area contributed by atoms with Crippen LogP contribution in [-0.2, 0) is 0 Å². The van der Waals surface area contributed by atoms with Gasteiger partial charge in [-0.25, -0.2) is 0 Å². The fourth-order valence-corrected chi connectivity index (χ4v) is 14.6. The van der Waals surface area contributed by atoms with Gasteiger partial charge in [-0.1, -0.05) is 0 Å². The molecule has 8 heavy (non-hydrogen) atoms. The van der Waals surface area contributed by atoms with E-state index in [4.69, 9.17) is 0 Å². The van der Waals surface area contributed by atoms with Gasteiger partial charge in [-0.3, -0.25) is 0 Å². The molecule has 1 heterocycles. The molecule has 5 heteroatoms. The number of rotatable bonds is 0. The second-order valence-corrected chi connectivity index (χ2v) is 14.4. The van der Waals surface area contributed by atoms with Crippen LogP contribution in [0.4, 0.5) is 0 Å². The van der Waals surface area contributed by atoms with Gasteiger partial charge in [0.05, 0.1) is 0 Å². The zero-order valence-electron chi connectivity index (χ0n) is 3.54. The van der Waals surface area contributed by atoms with Crippen LogP contribution in [0.1, 0.15) is 0 Å². The molecule has 0 aromatic carbocycles. The summed E-state index contributed by atoms with van der Waals surface area (Å²) in [5.74, 6) is 0. The SMILES string of the molecule is [Se]c1[se]c(=[Se])[se]c1[Se-]. The molecule has 0 aliphatic heterocycles. The van der Waals surface area contributed by atoms with E-state index >= 15 is 0 Å². The van der Waals surface area contributed by atoms with E-state index in [1.807, 2.05) is 0 Å². The third-order valence-corrected chi connectivity index (χ3v) is 11.8. The van der Waals surface area contributed by atoms with E-state index in [0.717, 1.165) is 0 Å². The third kappa shape index (κ3) is 2.11. The van der Waals surface area contributed by atoms with Gasteiger partial charge in [0.1, 0.15) is 0 Å². The molecule has 0 atom stereocenters. The van der Waals surface area contributed by atoms with Gasteiger partial charge in [-0.05, 0) is 0 Å². The van der Waals surface area contributed by atoms with Crippen molar-refractivity contribution in [3.05, 3.63) is 1.81 Å². The van der Waals surface area contributed by atoms with Crippen molar-refractivity contribution >= 4 is 83.3 Å². The molecule has 1 aromatic heterocycles. The Bertz CT molecular complexity index is 208. The first kappa shape index (κ1) is 8.31. The fourth-order valence-electron chi connectivity index (χ4n) is 0.256. The van der Waals surface area contributed by atoms with Gasteiger partial charge in [0.2, 0.25) is 0 Å². The summed E-state index contributed by atoms with van der Waals surface area (Å²) >= 11 is 10.5. The zero-order valence-corrected chi connectivity index (χ0v) is 12.1. The van der Waals surface area contributed by atoms with Crippen molar-refractivity contribution in [2.45, 2.75) is 0 Å². The Kier molecular flexibility index (Phi) is 3.69. The van der Waals surface area contributed by atoms with E-state index in [-0.39, 0.29) is 0 Å². The molecule has 0 aliphatic rings. The van der Waals surface area contributed by atoms with Crippen molar-refractivity contribution in [1.29, 1.82) is 0 Å². The molecule has 0 amide bonds. The summed E-state index contributed by atoms with van der Waals surface area (Å²) in [5.41, 5.74) is 0. The van der Waals surface area contributed by atoms with Crippen molar-refractivity contribution in [1.82, 2.24) is 0 Å². The molecule has 0 fully saturated rings. The molecule has 0 bridgehead atoms. The first-order valence-corrected chi connectivity index (χ1v) is 7.67. The average Bonchev–Trinajstić information content (AvgIpc) is 1.85. The van der Waals surface area contributed by atoms with Crippen LogP contribution in [-0.4, -0.2) is 76.6 Å². The summed E-state index contributed by atoms with van der Waals surface area (Å²) in [7, 11) is 0. The van der Waals surface area contributed by atoms with Crippen LogP contribution in [0.3, 0.4) is 0 Å². The van der Waals surface area contributed by atoms with Gasteiger partial charge in [-0.2, -0.15) is 0 Å². The van der Waals surface area contributed by atoms with Gasteiger partial charge in [0.15, 0.2) is 0 Å². The Morgan fingerprint density at radius 3 is 2.12 bits per heavy atom. The summed E-state index contributed by atoms with van der Waals surface area (Å²) in [6, 6.07) is 0. The van der Waals surface area contributed by atoms with Crippen molar-refractivity contribution < 1.29 is 0 Å². The van der Waals surface area contributed by atoms with E-state index < -0.39 is 0 Å². The molecule has 0 nitrogen and oxygen atoms in total. The van der Waals surface area contributed by atoms with Crippen molar-refractivity contribution in [2.75, 3.05) is 0 Å². The van der Waals surface area contributed by atoms with Crippen LogP contribution in [0.2, 0.25) is 0 Å². The molecule has 1 rings (SSSR count). The van der Waals surface area contributed by atoms with E-state index in [9.17, 15) is 0 Å². The molecule has 0 saturated heterocycles. The van der Waals surface area contributed by atoms with Crippen LogP contribution in [0, 0.1) is 1.81 Å². The number of hydrogen-bond donors (Lipinski definition) is 0. The van der Waals surface area contributed by atoms with Gasteiger partial charge in [0.25, 0.3) is 0 Å². The van der Waals surface area contributed by atoms with Crippen LogP contribution in [0.5, 0.6) is 0 Å². The molecule has 0 unspecified atom stereocenters. The maximum atomic E-state index is 3.09. The van der Waals surface area contributed by atoms with E-state index in [0.29, 0.717) is 29.0 Å². The summed E-state index contributed by atoms with van der Waals surface area (Å²) in [4.78, 5) is 0. The molecule has 0 N–H and O–H groups in total. The first-order chi connectivity index (χ1) is 3.70. The van der Waals surface area contributed by atoms with E-state index in [1.54, 1.807) is 1.81 Å². The van der Waals surface area contributed by atoms with Crippen LogP contribution in [0.25, 0.3) is 0 Å². The summed E-state index contributed by atoms with van der Waals surface area (Å²) in [6.45, 7) is 0. The van der Waals surface area contributed by atoms with Crippen molar-refractivity contribution in [3.8, 4) is 0 Å². The third-order valence-electron chi connectivity index (χ3n) is 0.519. The maximum absolute atomic E-state index is 3.09. The van der Waals surface area contributed by atoms with Gasteiger partial charge in [-0.15, -0.1) is 0 Å². The Labute approximate surface area is 83.9 Å². The molecule has 0 spiro atoms. The molecular formula is C3Se5-. The molecule has 0 saturated carbocycles.